The lowest BCUT2D eigenvalue weighted by atomic mass is 9.97. The molecule has 0 saturated carbocycles. The molecule has 0 radical (unpaired) electrons. The molecule has 42 heavy (non-hydrogen) atoms. The molecule has 1 fully saturated rings. The maximum absolute atomic E-state index is 15.0. The van der Waals surface area contributed by atoms with Crippen molar-refractivity contribution in [1.29, 1.82) is 0 Å². The lowest BCUT2D eigenvalue weighted by Gasteiger charge is -2.31. The average Bonchev–Trinajstić information content (AvgIpc) is 3.36. The number of urea groups is 1. The Kier molecular flexibility index (Phi) is 8.32. The van der Waals surface area contributed by atoms with Gasteiger partial charge in [-0.3, -0.25) is 9.59 Å². The van der Waals surface area contributed by atoms with Crippen LogP contribution in [0.15, 0.2) is 36.4 Å². The Bertz CT molecular complexity index is 1530. The molecule has 3 N–H and O–H groups in total. The van der Waals surface area contributed by atoms with Crippen LogP contribution in [0.3, 0.4) is 0 Å². The summed E-state index contributed by atoms with van der Waals surface area (Å²) in [4.78, 5) is 49.9. The van der Waals surface area contributed by atoms with E-state index in [-0.39, 0.29) is 36.2 Å². The molecule has 12 heteroatoms. The normalized spacial score (nSPS) is 14.7. The Morgan fingerprint density at radius 3 is 2.57 bits per heavy atom. The standard InChI is InChI=1S/C30H33F2N7O3/c1-17(2)35-28(41)19-11-10-18(3)20(15-19)25-21-16-34-30(42)39(26-22(31)7-4-8-23(26)32)27(21)37-29(36-25)33-12-6-14-38-13-5-9-24(38)40/h4,7-8,10-11,15,17H,5-6,9,12-14,16H2,1-3H3,(H,34,42)(H,35,41)(H,33,36,37). The summed E-state index contributed by atoms with van der Waals surface area (Å²) in [5.74, 6) is -1.80. The number of para-hydroxylation sites is 1. The van der Waals surface area contributed by atoms with E-state index in [1.54, 1.807) is 18.2 Å². The number of nitrogens with one attached hydrogen (secondary N) is 3. The van der Waals surface area contributed by atoms with Gasteiger partial charge in [0.1, 0.15) is 17.3 Å². The first kappa shape index (κ1) is 28.9. The molecular weight excluding hydrogens is 544 g/mol. The molecule has 0 unspecified atom stereocenters. The summed E-state index contributed by atoms with van der Waals surface area (Å²) in [6.07, 6.45) is 2.03. The molecule has 0 atom stereocenters. The van der Waals surface area contributed by atoms with Gasteiger partial charge in [0.05, 0.1) is 12.2 Å². The first-order valence-corrected chi connectivity index (χ1v) is 14.0. The number of amides is 4. The van der Waals surface area contributed by atoms with Crippen LogP contribution in [0.25, 0.3) is 11.3 Å². The fourth-order valence-electron chi connectivity index (χ4n) is 5.15. The Labute approximate surface area is 242 Å². The summed E-state index contributed by atoms with van der Waals surface area (Å²) in [5.41, 5.74) is 2.13. The van der Waals surface area contributed by atoms with Crippen LogP contribution >= 0.6 is 0 Å². The lowest BCUT2D eigenvalue weighted by Crippen LogP contribution is -2.43. The molecule has 0 bridgehead atoms. The number of fused-ring (bicyclic) bond motifs is 1. The minimum absolute atomic E-state index is 0.00921. The number of benzene rings is 2. The van der Waals surface area contributed by atoms with Crippen molar-refractivity contribution in [2.24, 2.45) is 0 Å². The van der Waals surface area contributed by atoms with Gasteiger partial charge in [0.15, 0.2) is 5.82 Å². The highest BCUT2D eigenvalue weighted by atomic mass is 19.1. The first-order valence-electron chi connectivity index (χ1n) is 14.0. The van der Waals surface area contributed by atoms with E-state index in [0.717, 1.165) is 35.6 Å². The van der Waals surface area contributed by atoms with Crippen LogP contribution in [0.5, 0.6) is 0 Å². The maximum atomic E-state index is 15.0. The van der Waals surface area contributed by atoms with Gasteiger partial charge in [0.25, 0.3) is 5.91 Å². The molecule has 3 aromatic rings. The van der Waals surface area contributed by atoms with Gasteiger partial charge in [0, 0.05) is 48.8 Å². The number of hydrogen-bond donors (Lipinski definition) is 3. The third-order valence-corrected chi connectivity index (χ3v) is 7.21. The van der Waals surface area contributed by atoms with E-state index in [2.05, 4.69) is 20.9 Å². The number of hydrogen-bond acceptors (Lipinski definition) is 6. The minimum atomic E-state index is -0.925. The SMILES string of the molecule is Cc1ccc(C(=O)NC(C)C)cc1-c1nc(NCCCN2CCCC2=O)nc2c1CNC(=O)N2c1c(F)cccc1F. The molecule has 0 spiro atoms. The summed E-state index contributed by atoms with van der Waals surface area (Å²) in [5, 5.41) is 8.71. The van der Waals surface area contributed by atoms with Crippen molar-refractivity contribution < 1.29 is 23.2 Å². The molecule has 220 valence electrons. The van der Waals surface area contributed by atoms with Gasteiger partial charge in [-0.1, -0.05) is 12.1 Å². The number of rotatable bonds is 9. The van der Waals surface area contributed by atoms with Crippen LogP contribution < -0.4 is 20.9 Å². The number of nitrogens with zero attached hydrogens (tertiary/aromatic N) is 4. The second-order valence-corrected chi connectivity index (χ2v) is 10.7. The number of halogens is 2. The van der Waals surface area contributed by atoms with E-state index in [9.17, 15) is 23.2 Å². The lowest BCUT2D eigenvalue weighted by molar-refractivity contribution is -0.127. The largest absolute Gasteiger partial charge is 0.354 e. The van der Waals surface area contributed by atoms with Gasteiger partial charge in [-0.2, -0.15) is 4.98 Å². The van der Waals surface area contributed by atoms with Crippen LogP contribution in [0.2, 0.25) is 0 Å². The highest BCUT2D eigenvalue weighted by Gasteiger charge is 2.34. The zero-order valence-electron chi connectivity index (χ0n) is 23.8. The Morgan fingerprint density at radius 2 is 1.88 bits per heavy atom. The number of likely N-dealkylation sites (tertiary alicyclic amines) is 1. The molecule has 2 aliphatic rings. The second kappa shape index (κ2) is 12.1. The first-order chi connectivity index (χ1) is 20.1. The Balaban J connectivity index is 1.58. The van der Waals surface area contributed by atoms with E-state index < -0.39 is 23.4 Å². The topological polar surface area (TPSA) is 120 Å². The predicted molar refractivity (Wildman–Crippen MR) is 154 cm³/mol. The molecule has 4 amide bonds. The molecule has 0 aliphatic carbocycles. The highest BCUT2D eigenvalue weighted by Crippen LogP contribution is 2.39. The summed E-state index contributed by atoms with van der Waals surface area (Å²) in [6, 6.07) is 7.78. The molecule has 3 heterocycles. The summed E-state index contributed by atoms with van der Waals surface area (Å²) < 4.78 is 29.9. The number of aryl methyl sites for hydroxylation is 1. The third-order valence-electron chi connectivity index (χ3n) is 7.21. The monoisotopic (exact) mass is 577 g/mol. The zero-order chi connectivity index (χ0) is 30.0. The van der Waals surface area contributed by atoms with E-state index in [1.165, 1.54) is 6.07 Å². The van der Waals surface area contributed by atoms with Gasteiger partial charge < -0.3 is 20.9 Å². The molecule has 10 nitrogen and oxygen atoms in total. The van der Waals surface area contributed by atoms with E-state index in [0.29, 0.717) is 48.3 Å². The van der Waals surface area contributed by atoms with Crippen molar-refractivity contribution in [3.05, 3.63) is 64.7 Å². The number of carbonyl (C=O) groups excluding carboxylic acids is 3. The van der Waals surface area contributed by atoms with Gasteiger partial charge in [-0.05, 0) is 63.4 Å². The third kappa shape index (κ3) is 5.88. The Hall–Kier alpha value is -4.61. The fourth-order valence-corrected chi connectivity index (χ4v) is 5.15. The molecule has 5 rings (SSSR count). The number of anilines is 3. The second-order valence-electron chi connectivity index (χ2n) is 10.7. The molecule has 1 aromatic heterocycles. The minimum Gasteiger partial charge on any atom is -0.354 e. The van der Waals surface area contributed by atoms with Crippen LogP contribution in [-0.2, 0) is 11.3 Å². The molecule has 1 saturated heterocycles. The summed E-state index contributed by atoms with van der Waals surface area (Å²) in [6.45, 7) is 7.33. The summed E-state index contributed by atoms with van der Waals surface area (Å²) in [7, 11) is 0. The molecule has 2 aliphatic heterocycles. The van der Waals surface area contributed by atoms with Crippen LogP contribution in [-0.4, -0.2) is 58.4 Å². The number of carbonyl (C=O) groups is 3. The maximum Gasteiger partial charge on any atom is 0.328 e. The van der Waals surface area contributed by atoms with Crippen LogP contribution in [0, 0.1) is 18.6 Å². The van der Waals surface area contributed by atoms with Gasteiger partial charge in [-0.15, -0.1) is 0 Å². The smallest absolute Gasteiger partial charge is 0.328 e. The van der Waals surface area contributed by atoms with Crippen molar-refractivity contribution in [1.82, 2.24) is 25.5 Å². The van der Waals surface area contributed by atoms with Gasteiger partial charge in [-0.25, -0.2) is 23.5 Å². The van der Waals surface area contributed by atoms with Gasteiger partial charge in [0.2, 0.25) is 11.9 Å². The fraction of sp³-hybridized carbons (Fsp3) is 0.367. The highest BCUT2D eigenvalue weighted by molar-refractivity contribution is 6.02. The predicted octanol–water partition coefficient (Wildman–Crippen LogP) is 4.65. The van der Waals surface area contributed by atoms with Crippen molar-refractivity contribution in [3.8, 4) is 11.3 Å². The van der Waals surface area contributed by atoms with Crippen molar-refractivity contribution in [2.45, 2.75) is 52.6 Å². The molecule has 2 aromatic carbocycles. The van der Waals surface area contributed by atoms with E-state index >= 15 is 0 Å². The van der Waals surface area contributed by atoms with Crippen LogP contribution in [0.1, 0.15) is 54.6 Å². The van der Waals surface area contributed by atoms with E-state index in [4.69, 9.17) is 4.98 Å². The average molecular weight is 578 g/mol. The van der Waals surface area contributed by atoms with Crippen molar-refractivity contribution in [3.63, 3.8) is 0 Å². The van der Waals surface area contributed by atoms with E-state index in [1.807, 2.05) is 25.7 Å². The number of aromatic nitrogens is 2. The van der Waals surface area contributed by atoms with Gasteiger partial charge >= 0.3 is 6.03 Å². The Morgan fingerprint density at radius 1 is 1.12 bits per heavy atom. The van der Waals surface area contributed by atoms with Crippen molar-refractivity contribution in [2.75, 3.05) is 29.9 Å². The molecular formula is C30H33F2N7O3. The zero-order valence-corrected chi connectivity index (χ0v) is 23.8. The quantitative estimate of drug-likeness (QED) is 0.319. The summed E-state index contributed by atoms with van der Waals surface area (Å²) >= 11 is 0. The van der Waals surface area contributed by atoms with Crippen molar-refractivity contribution >= 4 is 35.3 Å². The van der Waals surface area contributed by atoms with Crippen LogP contribution in [0.4, 0.5) is 31.0 Å².